The van der Waals surface area contributed by atoms with Gasteiger partial charge in [-0.1, -0.05) is 6.07 Å². The molecule has 3 N–H and O–H groups in total. The average Bonchev–Trinajstić information content (AvgIpc) is 2.45. The van der Waals surface area contributed by atoms with Gasteiger partial charge in [-0.15, -0.1) is 0 Å². The van der Waals surface area contributed by atoms with Gasteiger partial charge in [0, 0.05) is 31.7 Å². The van der Waals surface area contributed by atoms with Gasteiger partial charge in [-0.3, -0.25) is 9.59 Å². The molecular formula is C15H18N2O4. The monoisotopic (exact) mass is 290 g/mol. The van der Waals surface area contributed by atoms with Gasteiger partial charge < -0.3 is 15.7 Å². The largest absolute Gasteiger partial charge is 0.478 e. The summed E-state index contributed by atoms with van der Waals surface area (Å²) in [6.45, 7) is 2.06. The summed E-state index contributed by atoms with van der Waals surface area (Å²) >= 11 is 0. The second-order valence-corrected chi connectivity index (χ2v) is 4.42. The van der Waals surface area contributed by atoms with Crippen LogP contribution in [0.5, 0.6) is 0 Å². The number of carbonyl (C=O) groups is 3. The molecule has 0 unspecified atom stereocenters. The van der Waals surface area contributed by atoms with Crippen molar-refractivity contribution in [3.05, 3.63) is 41.0 Å². The molecule has 0 aliphatic heterocycles. The van der Waals surface area contributed by atoms with Gasteiger partial charge in [0.2, 0.25) is 5.91 Å². The Balaban J connectivity index is 2.68. The Morgan fingerprint density at radius 3 is 2.57 bits per heavy atom. The van der Waals surface area contributed by atoms with Crippen molar-refractivity contribution in [1.29, 1.82) is 0 Å². The average molecular weight is 290 g/mol. The zero-order chi connectivity index (χ0) is 15.8. The molecule has 0 bridgehead atoms. The van der Waals surface area contributed by atoms with Gasteiger partial charge in [0.05, 0.1) is 0 Å². The number of amides is 2. The smallest absolute Gasteiger partial charge is 0.328 e. The molecule has 0 atom stereocenters. The molecule has 0 spiro atoms. The fourth-order valence-corrected chi connectivity index (χ4v) is 1.68. The molecule has 1 rings (SSSR count). The first-order chi connectivity index (χ1) is 9.93. The third kappa shape index (κ3) is 5.48. The molecule has 0 aromatic heterocycles. The van der Waals surface area contributed by atoms with Crippen LogP contribution in [0, 0.1) is 6.92 Å². The van der Waals surface area contributed by atoms with Crippen LogP contribution in [0.15, 0.2) is 24.3 Å². The molecular weight excluding hydrogens is 272 g/mol. The van der Waals surface area contributed by atoms with Crippen molar-refractivity contribution in [2.24, 2.45) is 0 Å². The number of nitrogens with one attached hydrogen (secondary N) is 2. The van der Waals surface area contributed by atoms with E-state index in [1.165, 1.54) is 13.1 Å². The van der Waals surface area contributed by atoms with E-state index in [4.69, 9.17) is 5.11 Å². The summed E-state index contributed by atoms with van der Waals surface area (Å²) in [5.41, 5.74) is 2.00. The van der Waals surface area contributed by atoms with Gasteiger partial charge in [0.15, 0.2) is 0 Å². The third-order valence-corrected chi connectivity index (χ3v) is 2.85. The van der Waals surface area contributed by atoms with E-state index in [0.717, 1.165) is 17.2 Å². The molecule has 1 aromatic carbocycles. The Morgan fingerprint density at radius 2 is 2.00 bits per heavy atom. The van der Waals surface area contributed by atoms with E-state index in [1.54, 1.807) is 25.1 Å². The molecule has 6 heteroatoms. The number of rotatable bonds is 6. The molecule has 112 valence electrons. The maximum Gasteiger partial charge on any atom is 0.328 e. The summed E-state index contributed by atoms with van der Waals surface area (Å²) in [5, 5.41) is 13.7. The fourth-order valence-electron chi connectivity index (χ4n) is 1.68. The number of carbonyl (C=O) groups excluding carboxylic acids is 2. The Kier molecular flexibility index (Phi) is 6.13. The molecule has 1 aromatic rings. The highest BCUT2D eigenvalue weighted by Gasteiger charge is 2.07. The van der Waals surface area contributed by atoms with Crippen LogP contribution in [0.1, 0.15) is 27.9 Å². The highest BCUT2D eigenvalue weighted by atomic mass is 16.4. The first-order valence-corrected chi connectivity index (χ1v) is 6.44. The van der Waals surface area contributed by atoms with Crippen molar-refractivity contribution in [1.82, 2.24) is 10.6 Å². The van der Waals surface area contributed by atoms with E-state index in [2.05, 4.69) is 10.6 Å². The molecule has 6 nitrogen and oxygen atoms in total. The predicted octanol–water partition coefficient (Wildman–Crippen LogP) is 0.959. The van der Waals surface area contributed by atoms with Crippen molar-refractivity contribution in [2.75, 3.05) is 13.6 Å². The summed E-state index contributed by atoms with van der Waals surface area (Å²) in [6, 6.07) is 4.98. The normalized spacial score (nSPS) is 10.4. The van der Waals surface area contributed by atoms with Gasteiger partial charge in [-0.05, 0) is 36.3 Å². The van der Waals surface area contributed by atoms with E-state index >= 15 is 0 Å². The van der Waals surface area contributed by atoms with Crippen LogP contribution in [0.2, 0.25) is 0 Å². The van der Waals surface area contributed by atoms with Crippen molar-refractivity contribution < 1.29 is 19.5 Å². The minimum atomic E-state index is -1.02. The van der Waals surface area contributed by atoms with Crippen LogP contribution in [-0.4, -0.2) is 36.5 Å². The lowest BCUT2D eigenvalue weighted by atomic mass is 10.0. The van der Waals surface area contributed by atoms with Crippen LogP contribution >= 0.6 is 0 Å². The molecule has 0 fully saturated rings. The number of carboxylic acid groups (broad SMARTS) is 1. The van der Waals surface area contributed by atoms with Crippen molar-refractivity contribution in [3.8, 4) is 0 Å². The van der Waals surface area contributed by atoms with Gasteiger partial charge in [0.25, 0.3) is 5.91 Å². The van der Waals surface area contributed by atoms with Crippen LogP contribution in [0.4, 0.5) is 0 Å². The van der Waals surface area contributed by atoms with Gasteiger partial charge in [0.1, 0.15) is 0 Å². The topological polar surface area (TPSA) is 95.5 Å². The zero-order valence-electron chi connectivity index (χ0n) is 12.0. The molecule has 0 heterocycles. The van der Waals surface area contributed by atoms with E-state index in [9.17, 15) is 14.4 Å². The predicted molar refractivity (Wildman–Crippen MR) is 78.9 cm³/mol. The Labute approximate surface area is 122 Å². The van der Waals surface area contributed by atoms with Crippen LogP contribution in [-0.2, 0) is 9.59 Å². The van der Waals surface area contributed by atoms with Crippen LogP contribution < -0.4 is 10.6 Å². The SMILES string of the molecule is CNC(=O)CCNC(=O)c1ccc(/C=C/C(=O)O)c(C)c1. The molecule has 0 aliphatic rings. The molecule has 21 heavy (non-hydrogen) atoms. The Bertz CT molecular complexity index is 579. The minimum Gasteiger partial charge on any atom is -0.478 e. The van der Waals surface area contributed by atoms with E-state index in [-0.39, 0.29) is 24.8 Å². The molecule has 2 amide bonds. The highest BCUT2D eigenvalue weighted by molar-refractivity contribution is 5.95. The second kappa shape index (κ2) is 7.84. The number of benzene rings is 1. The molecule has 0 saturated heterocycles. The number of carboxylic acids is 1. The highest BCUT2D eigenvalue weighted by Crippen LogP contribution is 2.13. The molecule has 0 aliphatic carbocycles. The van der Waals surface area contributed by atoms with Gasteiger partial charge >= 0.3 is 5.97 Å². The van der Waals surface area contributed by atoms with Gasteiger partial charge in [-0.25, -0.2) is 4.79 Å². The lowest BCUT2D eigenvalue weighted by Crippen LogP contribution is -2.29. The summed E-state index contributed by atoms with van der Waals surface area (Å²) in [5.74, 6) is -1.43. The lowest BCUT2D eigenvalue weighted by molar-refractivity contribution is -0.131. The third-order valence-electron chi connectivity index (χ3n) is 2.85. The van der Waals surface area contributed by atoms with E-state index < -0.39 is 5.97 Å². The lowest BCUT2D eigenvalue weighted by Gasteiger charge is -2.07. The first kappa shape index (κ1) is 16.4. The Morgan fingerprint density at radius 1 is 1.29 bits per heavy atom. The summed E-state index contributed by atoms with van der Waals surface area (Å²) < 4.78 is 0. The van der Waals surface area contributed by atoms with Crippen molar-refractivity contribution in [2.45, 2.75) is 13.3 Å². The van der Waals surface area contributed by atoms with Crippen LogP contribution in [0.25, 0.3) is 6.08 Å². The van der Waals surface area contributed by atoms with E-state index in [0.29, 0.717) is 5.56 Å². The molecule has 0 saturated carbocycles. The zero-order valence-corrected chi connectivity index (χ0v) is 12.0. The van der Waals surface area contributed by atoms with Crippen molar-refractivity contribution >= 4 is 23.9 Å². The standard InChI is InChI=1S/C15H18N2O4/c1-10-9-12(4-3-11(10)5-6-14(19)20)15(21)17-8-7-13(18)16-2/h3-6,9H,7-8H2,1-2H3,(H,16,18)(H,17,21)(H,19,20)/b6-5+. The summed E-state index contributed by atoms with van der Waals surface area (Å²) in [4.78, 5) is 33.4. The van der Waals surface area contributed by atoms with Gasteiger partial charge in [-0.2, -0.15) is 0 Å². The quantitative estimate of drug-likeness (QED) is 0.680. The van der Waals surface area contributed by atoms with E-state index in [1.807, 2.05) is 0 Å². The number of hydrogen-bond acceptors (Lipinski definition) is 3. The first-order valence-electron chi connectivity index (χ1n) is 6.44. The second-order valence-electron chi connectivity index (χ2n) is 4.42. The maximum atomic E-state index is 11.9. The number of aryl methyl sites for hydroxylation is 1. The number of hydrogen-bond donors (Lipinski definition) is 3. The summed E-state index contributed by atoms with van der Waals surface area (Å²) in [6.07, 6.45) is 2.75. The molecule has 0 radical (unpaired) electrons. The Hall–Kier alpha value is -2.63. The van der Waals surface area contributed by atoms with Crippen LogP contribution in [0.3, 0.4) is 0 Å². The summed E-state index contributed by atoms with van der Waals surface area (Å²) in [7, 11) is 1.54. The fraction of sp³-hybridized carbons (Fsp3) is 0.267. The minimum absolute atomic E-state index is 0.138. The number of aliphatic carboxylic acids is 1. The van der Waals surface area contributed by atoms with Crippen molar-refractivity contribution in [3.63, 3.8) is 0 Å². The maximum absolute atomic E-state index is 11.9.